The third-order valence-electron chi connectivity index (χ3n) is 2.92. The summed E-state index contributed by atoms with van der Waals surface area (Å²) in [6.07, 6.45) is 3.26. The van der Waals surface area contributed by atoms with Crippen LogP contribution in [0.1, 0.15) is 12.5 Å². The molecule has 20 heavy (non-hydrogen) atoms. The Balaban J connectivity index is 2.31. The van der Waals surface area contributed by atoms with E-state index in [0.717, 1.165) is 5.56 Å². The first kappa shape index (κ1) is 14.5. The Morgan fingerprint density at radius 1 is 1.20 bits per heavy atom. The average molecular weight is 292 g/mol. The Bertz CT molecular complexity index is 672. The van der Waals surface area contributed by atoms with Gasteiger partial charge in [0.25, 0.3) is 0 Å². The van der Waals surface area contributed by atoms with E-state index in [2.05, 4.69) is 4.98 Å². The quantitative estimate of drug-likeness (QED) is 0.915. The SMILES string of the molecule is CCN(Cc1ccncc1)S(=O)(=O)c1cccc(O)c1. The molecule has 0 bridgehead atoms. The largest absolute Gasteiger partial charge is 0.508 e. The molecule has 0 fully saturated rings. The summed E-state index contributed by atoms with van der Waals surface area (Å²) in [5, 5.41) is 9.43. The number of nitrogens with zero attached hydrogens (tertiary/aromatic N) is 2. The molecule has 0 amide bonds. The van der Waals surface area contributed by atoms with E-state index >= 15 is 0 Å². The van der Waals surface area contributed by atoms with Crippen molar-refractivity contribution in [2.75, 3.05) is 6.54 Å². The van der Waals surface area contributed by atoms with Crippen LogP contribution in [0.5, 0.6) is 5.75 Å². The lowest BCUT2D eigenvalue weighted by atomic mass is 10.3. The number of rotatable bonds is 5. The van der Waals surface area contributed by atoms with Crippen molar-refractivity contribution in [3.8, 4) is 5.75 Å². The van der Waals surface area contributed by atoms with E-state index in [0.29, 0.717) is 6.54 Å². The molecule has 1 N–H and O–H groups in total. The van der Waals surface area contributed by atoms with Crippen LogP contribution in [-0.4, -0.2) is 29.4 Å². The summed E-state index contributed by atoms with van der Waals surface area (Å²) in [7, 11) is -3.62. The van der Waals surface area contributed by atoms with Crippen molar-refractivity contribution >= 4 is 10.0 Å². The molecule has 0 aliphatic rings. The van der Waals surface area contributed by atoms with Crippen molar-refractivity contribution in [1.82, 2.24) is 9.29 Å². The molecule has 0 aliphatic carbocycles. The molecule has 106 valence electrons. The topological polar surface area (TPSA) is 70.5 Å². The van der Waals surface area contributed by atoms with Gasteiger partial charge in [0, 0.05) is 25.5 Å². The van der Waals surface area contributed by atoms with Gasteiger partial charge >= 0.3 is 0 Å². The van der Waals surface area contributed by atoms with Crippen LogP contribution in [0.2, 0.25) is 0 Å². The third-order valence-corrected chi connectivity index (χ3v) is 4.83. The zero-order valence-corrected chi connectivity index (χ0v) is 11.9. The van der Waals surface area contributed by atoms with E-state index in [-0.39, 0.29) is 17.2 Å². The van der Waals surface area contributed by atoms with Crippen molar-refractivity contribution in [2.24, 2.45) is 0 Å². The molecule has 0 atom stereocenters. The molecule has 0 spiro atoms. The lowest BCUT2D eigenvalue weighted by Gasteiger charge is -2.20. The Morgan fingerprint density at radius 2 is 1.90 bits per heavy atom. The number of hydrogen-bond donors (Lipinski definition) is 1. The highest BCUT2D eigenvalue weighted by molar-refractivity contribution is 7.89. The van der Waals surface area contributed by atoms with Crippen LogP contribution in [0.25, 0.3) is 0 Å². The number of phenols is 1. The maximum absolute atomic E-state index is 12.5. The van der Waals surface area contributed by atoms with Gasteiger partial charge in [-0.05, 0) is 35.9 Å². The van der Waals surface area contributed by atoms with Gasteiger partial charge in [-0.25, -0.2) is 8.42 Å². The Morgan fingerprint density at radius 3 is 2.50 bits per heavy atom. The molecule has 0 saturated carbocycles. The predicted molar refractivity (Wildman–Crippen MR) is 75.6 cm³/mol. The summed E-state index contributed by atoms with van der Waals surface area (Å²) in [5.74, 6) is -0.0639. The Labute approximate surface area is 118 Å². The van der Waals surface area contributed by atoms with Crippen molar-refractivity contribution in [3.63, 3.8) is 0 Å². The van der Waals surface area contributed by atoms with Crippen LogP contribution in [-0.2, 0) is 16.6 Å². The minimum Gasteiger partial charge on any atom is -0.508 e. The molecular weight excluding hydrogens is 276 g/mol. The van der Waals surface area contributed by atoms with Gasteiger partial charge in [0.1, 0.15) is 5.75 Å². The molecular formula is C14H16N2O3S. The standard InChI is InChI=1S/C14H16N2O3S/c1-2-16(11-12-6-8-15-9-7-12)20(18,19)14-5-3-4-13(17)10-14/h3-10,17H,2,11H2,1H3. The summed E-state index contributed by atoms with van der Waals surface area (Å²) >= 11 is 0. The molecule has 1 aromatic heterocycles. The first-order valence-electron chi connectivity index (χ1n) is 6.22. The lowest BCUT2D eigenvalue weighted by molar-refractivity contribution is 0.422. The first-order valence-corrected chi connectivity index (χ1v) is 7.66. The van der Waals surface area contributed by atoms with Crippen molar-refractivity contribution in [1.29, 1.82) is 0 Å². The smallest absolute Gasteiger partial charge is 0.243 e. The van der Waals surface area contributed by atoms with Gasteiger partial charge in [-0.3, -0.25) is 4.98 Å². The fraction of sp³-hybridized carbons (Fsp3) is 0.214. The highest BCUT2D eigenvalue weighted by atomic mass is 32.2. The van der Waals surface area contributed by atoms with Crippen LogP contribution in [0.4, 0.5) is 0 Å². The van der Waals surface area contributed by atoms with Crippen molar-refractivity contribution < 1.29 is 13.5 Å². The first-order chi connectivity index (χ1) is 9.54. The summed E-state index contributed by atoms with van der Waals surface area (Å²) in [6, 6.07) is 9.25. The van der Waals surface area contributed by atoms with Crippen molar-refractivity contribution in [3.05, 3.63) is 54.4 Å². The van der Waals surface area contributed by atoms with Gasteiger partial charge in [0.2, 0.25) is 10.0 Å². The van der Waals surface area contributed by atoms with E-state index in [4.69, 9.17) is 0 Å². The van der Waals surface area contributed by atoms with Crippen LogP contribution in [0, 0.1) is 0 Å². The molecule has 0 unspecified atom stereocenters. The minimum atomic E-state index is -3.62. The second-order valence-electron chi connectivity index (χ2n) is 4.28. The van der Waals surface area contributed by atoms with Gasteiger partial charge in [0.05, 0.1) is 4.90 Å². The second kappa shape index (κ2) is 6.02. The zero-order valence-electron chi connectivity index (χ0n) is 11.1. The molecule has 1 aromatic carbocycles. The average Bonchev–Trinajstić information content (AvgIpc) is 2.45. The molecule has 0 aliphatic heterocycles. The van der Waals surface area contributed by atoms with Crippen LogP contribution in [0.3, 0.4) is 0 Å². The lowest BCUT2D eigenvalue weighted by Crippen LogP contribution is -2.30. The molecule has 0 saturated heterocycles. The van der Waals surface area contributed by atoms with E-state index in [1.165, 1.54) is 28.6 Å². The minimum absolute atomic E-state index is 0.0639. The third kappa shape index (κ3) is 3.15. The second-order valence-corrected chi connectivity index (χ2v) is 6.22. The molecule has 2 aromatic rings. The highest BCUT2D eigenvalue weighted by Gasteiger charge is 2.23. The van der Waals surface area contributed by atoms with E-state index in [1.807, 2.05) is 0 Å². The van der Waals surface area contributed by atoms with Crippen LogP contribution < -0.4 is 0 Å². The van der Waals surface area contributed by atoms with Gasteiger partial charge in [0.15, 0.2) is 0 Å². The predicted octanol–water partition coefficient (Wildman–Crippen LogP) is 2.00. The van der Waals surface area contributed by atoms with E-state index < -0.39 is 10.0 Å². The van der Waals surface area contributed by atoms with Gasteiger partial charge < -0.3 is 5.11 Å². The number of hydrogen-bond acceptors (Lipinski definition) is 4. The van der Waals surface area contributed by atoms with Crippen molar-refractivity contribution in [2.45, 2.75) is 18.4 Å². The van der Waals surface area contributed by atoms with Crippen LogP contribution >= 0.6 is 0 Å². The molecule has 6 heteroatoms. The Kier molecular flexibility index (Phi) is 4.36. The summed E-state index contributed by atoms with van der Waals surface area (Å²) in [4.78, 5) is 4.00. The Hall–Kier alpha value is -1.92. The number of pyridine rings is 1. The fourth-order valence-electron chi connectivity index (χ4n) is 1.85. The van der Waals surface area contributed by atoms with E-state index in [9.17, 15) is 13.5 Å². The monoisotopic (exact) mass is 292 g/mol. The van der Waals surface area contributed by atoms with Gasteiger partial charge in [-0.2, -0.15) is 4.31 Å². The number of sulfonamides is 1. The molecule has 1 heterocycles. The van der Waals surface area contributed by atoms with Crippen LogP contribution in [0.15, 0.2) is 53.7 Å². The number of benzene rings is 1. The molecule has 0 radical (unpaired) electrons. The highest BCUT2D eigenvalue weighted by Crippen LogP contribution is 2.21. The number of aromatic hydroxyl groups is 1. The van der Waals surface area contributed by atoms with Gasteiger partial charge in [-0.15, -0.1) is 0 Å². The summed E-state index contributed by atoms with van der Waals surface area (Å²) < 4.78 is 26.4. The maximum atomic E-state index is 12.5. The number of phenolic OH excluding ortho intramolecular Hbond substituents is 1. The maximum Gasteiger partial charge on any atom is 0.243 e. The van der Waals surface area contributed by atoms with Gasteiger partial charge in [-0.1, -0.05) is 13.0 Å². The summed E-state index contributed by atoms with van der Waals surface area (Å²) in [6.45, 7) is 2.40. The molecule has 2 rings (SSSR count). The molecule has 5 nitrogen and oxygen atoms in total. The zero-order chi connectivity index (χ0) is 14.6. The summed E-state index contributed by atoms with van der Waals surface area (Å²) in [5.41, 5.74) is 0.866. The normalized spacial score (nSPS) is 11.7. The number of aromatic nitrogens is 1. The fourth-order valence-corrected chi connectivity index (χ4v) is 3.33. The van der Waals surface area contributed by atoms with E-state index in [1.54, 1.807) is 31.5 Å².